The Kier molecular flexibility index (Phi) is 10.5. The molecule has 53 heavy (non-hydrogen) atoms. The maximum absolute atomic E-state index is 14.3. The number of amides is 4. The van der Waals surface area contributed by atoms with Gasteiger partial charge in [0.2, 0.25) is 5.91 Å². The van der Waals surface area contributed by atoms with Crippen molar-refractivity contribution in [1.29, 1.82) is 0 Å². The number of benzene rings is 2. The van der Waals surface area contributed by atoms with Crippen molar-refractivity contribution in [3.05, 3.63) is 89.0 Å². The van der Waals surface area contributed by atoms with E-state index in [1.807, 2.05) is 18.2 Å². The number of halogens is 1. The monoisotopic (exact) mass is 730 g/mol. The number of aromatic nitrogens is 2. The van der Waals surface area contributed by atoms with Gasteiger partial charge in [-0.05, 0) is 70.2 Å². The number of carboxylic acid groups (broad SMARTS) is 1. The van der Waals surface area contributed by atoms with Gasteiger partial charge in [-0.3, -0.25) is 9.59 Å². The van der Waals surface area contributed by atoms with E-state index >= 15 is 0 Å². The van der Waals surface area contributed by atoms with Crippen LogP contribution >= 0.6 is 0 Å². The quantitative estimate of drug-likeness (QED) is 0.308. The van der Waals surface area contributed by atoms with E-state index in [2.05, 4.69) is 15.8 Å². The van der Waals surface area contributed by atoms with E-state index < -0.39 is 64.6 Å². The first-order valence-electron chi connectivity index (χ1n) is 17.7. The largest absolute Gasteiger partial charge is 0.479 e. The van der Waals surface area contributed by atoms with Crippen LogP contribution in [0.25, 0.3) is 22.4 Å². The average Bonchev–Trinajstić information content (AvgIpc) is 3.65. The third-order valence-electron chi connectivity index (χ3n) is 9.39. The fraction of sp³-hybridized carbons (Fsp3) is 0.421. The topological polar surface area (TPSA) is 172 Å². The van der Waals surface area contributed by atoms with E-state index in [1.54, 1.807) is 51.1 Å². The zero-order valence-corrected chi connectivity index (χ0v) is 29.8. The van der Waals surface area contributed by atoms with Gasteiger partial charge in [-0.15, -0.1) is 5.10 Å². The maximum Gasteiger partial charge on any atom is 0.426 e. The summed E-state index contributed by atoms with van der Waals surface area (Å²) in [6.45, 7) is 4.93. The number of carbonyl (C=O) groups is 4. The van der Waals surface area contributed by atoms with Gasteiger partial charge in [0.05, 0.1) is 17.8 Å². The van der Waals surface area contributed by atoms with Gasteiger partial charge in [0.25, 0.3) is 0 Å². The molecule has 2 aromatic carbocycles. The highest BCUT2D eigenvalue weighted by atomic mass is 19.1. The first-order valence-corrected chi connectivity index (χ1v) is 17.7. The first kappa shape index (κ1) is 37.0. The number of rotatable bonds is 6. The standard InChI is InChI=1S/C38H43FN6O8/c1-37(2,3)52-35(50)42-44-19-11-6-4-5-10-14-26-22-38(26,34(48)49)40-32(46)31-20-28(23-43(31)36(44)51)53-45-33(47)29(24-15-17-27(39)18-16-24)21-30(41-45)25-12-8-7-9-13-25/h7-10,12-18,21,26,28,31H,4-6,11,19-20,22-23H2,1-3H3,(H,40,46)(H,42,50)(H,48,49)/b14-10-. The Morgan fingerprint density at radius 1 is 1.02 bits per heavy atom. The number of hydrazine groups is 1. The van der Waals surface area contributed by atoms with E-state index in [4.69, 9.17) is 9.57 Å². The Hall–Kier alpha value is -5.73. The second-order valence-electron chi connectivity index (χ2n) is 14.5. The molecule has 0 spiro atoms. The predicted octanol–water partition coefficient (Wildman–Crippen LogP) is 4.54. The van der Waals surface area contributed by atoms with Crippen LogP contribution in [0.15, 0.2) is 77.6 Å². The van der Waals surface area contributed by atoms with E-state index in [-0.39, 0.29) is 31.5 Å². The summed E-state index contributed by atoms with van der Waals surface area (Å²) in [5.41, 5.74) is 1.08. The number of nitrogens with zero attached hydrogens (tertiary/aromatic N) is 4. The molecule has 4 atom stereocenters. The van der Waals surface area contributed by atoms with Gasteiger partial charge in [0.1, 0.15) is 29.1 Å². The van der Waals surface area contributed by atoms with Gasteiger partial charge in [0, 0.05) is 24.4 Å². The van der Waals surface area contributed by atoms with Crippen LogP contribution in [0.2, 0.25) is 0 Å². The molecule has 2 aliphatic heterocycles. The van der Waals surface area contributed by atoms with Gasteiger partial charge in [-0.25, -0.2) is 29.2 Å². The molecule has 0 radical (unpaired) electrons. The molecule has 3 N–H and O–H groups in total. The molecule has 14 nitrogen and oxygen atoms in total. The van der Waals surface area contributed by atoms with Crippen molar-refractivity contribution in [1.82, 2.24) is 30.6 Å². The maximum atomic E-state index is 14.3. The number of urea groups is 1. The van der Waals surface area contributed by atoms with Crippen LogP contribution in [0.3, 0.4) is 0 Å². The van der Waals surface area contributed by atoms with Crippen molar-refractivity contribution in [2.75, 3.05) is 13.1 Å². The lowest BCUT2D eigenvalue weighted by Gasteiger charge is -2.32. The third-order valence-corrected chi connectivity index (χ3v) is 9.39. The van der Waals surface area contributed by atoms with Crippen LogP contribution in [0.5, 0.6) is 0 Å². The lowest BCUT2D eigenvalue weighted by Crippen LogP contribution is -2.58. The summed E-state index contributed by atoms with van der Waals surface area (Å²) in [4.78, 5) is 75.7. The molecule has 6 rings (SSSR count). The number of carboxylic acids is 1. The molecule has 4 unspecified atom stereocenters. The van der Waals surface area contributed by atoms with Crippen molar-refractivity contribution in [3.63, 3.8) is 0 Å². The Morgan fingerprint density at radius 3 is 2.45 bits per heavy atom. The number of carbonyl (C=O) groups excluding carboxylic acids is 3. The van der Waals surface area contributed by atoms with E-state index in [9.17, 15) is 33.5 Å². The molecule has 3 heterocycles. The number of hydrogen-bond acceptors (Lipinski definition) is 8. The highest BCUT2D eigenvalue weighted by molar-refractivity contribution is 5.94. The van der Waals surface area contributed by atoms with Crippen molar-refractivity contribution in [3.8, 4) is 22.4 Å². The minimum Gasteiger partial charge on any atom is -0.479 e. The molecule has 3 aromatic rings. The van der Waals surface area contributed by atoms with Crippen molar-refractivity contribution >= 4 is 24.0 Å². The minimum absolute atomic E-state index is 0.0982. The first-order chi connectivity index (χ1) is 25.2. The lowest BCUT2D eigenvalue weighted by molar-refractivity contribution is -0.144. The predicted molar refractivity (Wildman–Crippen MR) is 191 cm³/mol. The molecule has 0 bridgehead atoms. The fourth-order valence-electron chi connectivity index (χ4n) is 6.61. The number of nitrogens with one attached hydrogen (secondary N) is 2. The van der Waals surface area contributed by atoms with Gasteiger partial charge in [-0.2, -0.15) is 0 Å². The molecule has 1 saturated carbocycles. The van der Waals surface area contributed by atoms with E-state index in [0.29, 0.717) is 36.1 Å². The molecule has 1 aliphatic carbocycles. The van der Waals surface area contributed by atoms with Crippen LogP contribution in [-0.4, -0.2) is 85.3 Å². The summed E-state index contributed by atoms with van der Waals surface area (Å²) in [5.74, 6) is -2.82. The number of fused-ring (bicyclic) bond motifs is 2. The molecule has 3 aliphatic rings. The lowest BCUT2D eigenvalue weighted by atomic mass is 10.0. The third kappa shape index (κ3) is 8.50. The van der Waals surface area contributed by atoms with Crippen molar-refractivity contribution in [2.24, 2.45) is 5.92 Å². The van der Waals surface area contributed by atoms with Crippen LogP contribution in [0, 0.1) is 11.7 Å². The Morgan fingerprint density at radius 2 is 1.75 bits per heavy atom. The molecule has 4 amide bonds. The van der Waals surface area contributed by atoms with Crippen LogP contribution in [-0.2, 0) is 14.3 Å². The summed E-state index contributed by atoms with van der Waals surface area (Å²) in [6.07, 6.45) is 4.58. The van der Waals surface area contributed by atoms with Crippen molar-refractivity contribution in [2.45, 2.75) is 82.6 Å². The van der Waals surface area contributed by atoms with Gasteiger partial charge < -0.3 is 24.9 Å². The van der Waals surface area contributed by atoms with Gasteiger partial charge in [-0.1, -0.05) is 65.9 Å². The summed E-state index contributed by atoms with van der Waals surface area (Å²) in [5, 5.41) is 18.4. The highest BCUT2D eigenvalue weighted by Gasteiger charge is 2.61. The minimum atomic E-state index is -1.54. The fourth-order valence-corrected chi connectivity index (χ4v) is 6.61. The summed E-state index contributed by atoms with van der Waals surface area (Å²) in [6, 6.07) is 14.0. The summed E-state index contributed by atoms with van der Waals surface area (Å²) < 4.78 is 19.2. The van der Waals surface area contributed by atoms with Gasteiger partial charge in [0.15, 0.2) is 0 Å². The molecule has 2 fully saturated rings. The molecular weight excluding hydrogens is 687 g/mol. The van der Waals surface area contributed by atoms with Crippen LogP contribution < -0.4 is 21.1 Å². The zero-order valence-electron chi connectivity index (χ0n) is 29.8. The van der Waals surface area contributed by atoms with Crippen LogP contribution in [0.1, 0.15) is 59.3 Å². The Balaban J connectivity index is 1.35. The van der Waals surface area contributed by atoms with Crippen molar-refractivity contribution < 1.29 is 38.2 Å². The van der Waals surface area contributed by atoms with E-state index in [1.165, 1.54) is 29.2 Å². The Labute approximate surface area is 305 Å². The van der Waals surface area contributed by atoms with E-state index in [0.717, 1.165) is 16.3 Å². The highest BCUT2D eigenvalue weighted by Crippen LogP contribution is 2.45. The number of allylic oxidation sites excluding steroid dienone is 1. The molecular formula is C38H43FN6O8. The molecule has 280 valence electrons. The number of aliphatic carboxylic acids is 1. The number of ether oxygens (including phenoxy) is 1. The summed E-state index contributed by atoms with van der Waals surface area (Å²) in [7, 11) is 0. The molecule has 1 aromatic heterocycles. The second-order valence-corrected chi connectivity index (χ2v) is 14.5. The zero-order chi connectivity index (χ0) is 37.9. The molecule has 15 heteroatoms. The average molecular weight is 731 g/mol. The SMILES string of the molecule is CC(C)(C)OC(=O)NN1CCCCC/C=C\C2CC2(C(=O)O)NC(=O)C2CC(On3nc(-c4ccccc4)cc(-c4ccc(F)cc4)c3=O)CN2C1=O. The summed E-state index contributed by atoms with van der Waals surface area (Å²) >= 11 is 0. The van der Waals surface area contributed by atoms with Crippen LogP contribution in [0.4, 0.5) is 14.0 Å². The second kappa shape index (κ2) is 15.1. The normalized spacial score (nSPS) is 24.1. The molecule has 1 saturated heterocycles. The Bertz CT molecular complexity index is 1950. The number of hydrogen-bond donors (Lipinski definition) is 3. The van der Waals surface area contributed by atoms with Gasteiger partial charge >= 0.3 is 23.7 Å². The smallest absolute Gasteiger partial charge is 0.426 e.